The number of methoxy groups -OCH3 is 1. The third-order valence-corrected chi connectivity index (χ3v) is 2.14. The Morgan fingerprint density at radius 2 is 1.81 bits per heavy atom. The number of benzene rings is 1. The molecule has 1 aromatic carbocycles. The van der Waals surface area contributed by atoms with Gasteiger partial charge in [0.05, 0.1) is 13.7 Å². The minimum absolute atomic E-state index is 0.0982. The summed E-state index contributed by atoms with van der Waals surface area (Å²) in [6.07, 6.45) is -3.03. The van der Waals surface area contributed by atoms with Crippen molar-refractivity contribution < 1.29 is 28.8 Å². The van der Waals surface area contributed by atoms with Gasteiger partial charge >= 0.3 is 0 Å². The second-order valence-electron chi connectivity index (χ2n) is 3.20. The first-order chi connectivity index (χ1) is 7.51. The van der Waals surface area contributed by atoms with E-state index < -0.39 is 30.4 Å². The lowest BCUT2D eigenvalue weighted by Crippen LogP contribution is -2.22. The zero-order valence-corrected chi connectivity index (χ0v) is 8.52. The lowest BCUT2D eigenvalue weighted by molar-refractivity contribution is -0.0164. The Morgan fingerprint density at radius 3 is 2.31 bits per heavy atom. The van der Waals surface area contributed by atoms with Gasteiger partial charge in [0, 0.05) is 11.6 Å². The number of aliphatic hydroxyl groups is 3. The predicted molar refractivity (Wildman–Crippen MR) is 51.0 cm³/mol. The molecule has 0 fully saturated rings. The van der Waals surface area contributed by atoms with Crippen molar-refractivity contribution in [3.05, 3.63) is 29.3 Å². The van der Waals surface area contributed by atoms with Crippen LogP contribution in [0.4, 0.5) is 8.78 Å². The van der Waals surface area contributed by atoms with Crippen LogP contribution < -0.4 is 4.74 Å². The molecule has 3 N–H and O–H groups in total. The lowest BCUT2D eigenvalue weighted by atomic mass is 10.0. The largest absolute Gasteiger partial charge is 0.496 e. The summed E-state index contributed by atoms with van der Waals surface area (Å²) < 4.78 is 30.5. The zero-order valence-electron chi connectivity index (χ0n) is 8.52. The summed E-state index contributed by atoms with van der Waals surface area (Å²) in [6.45, 7) is -0.705. The minimum atomic E-state index is -1.55. The maximum Gasteiger partial charge on any atom is 0.162 e. The molecule has 16 heavy (non-hydrogen) atoms. The van der Waals surface area contributed by atoms with E-state index in [1.165, 1.54) is 7.11 Å². The summed E-state index contributed by atoms with van der Waals surface area (Å²) in [4.78, 5) is 0. The SMILES string of the molecule is COc1cc(F)c(F)cc1C(O)C(O)CO. The summed E-state index contributed by atoms with van der Waals surface area (Å²) in [5.74, 6) is -2.38. The van der Waals surface area contributed by atoms with Gasteiger partial charge in [-0.3, -0.25) is 0 Å². The number of rotatable bonds is 4. The highest BCUT2D eigenvalue weighted by molar-refractivity contribution is 5.37. The Labute approximate surface area is 90.7 Å². The van der Waals surface area contributed by atoms with Gasteiger partial charge in [0.15, 0.2) is 11.6 Å². The monoisotopic (exact) mass is 234 g/mol. The van der Waals surface area contributed by atoms with Crippen molar-refractivity contribution >= 4 is 0 Å². The van der Waals surface area contributed by atoms with E-state index in [2.05, 4.69) is 0 Å². The molecule has 2 unspecified atom stereocenters. The van der Waals surface area contributed by atoms with Crippen molar-refractivity contribution in [1.82, 2.24) is 0 Å². The average Bonchev–Trinajstić information content (AvgIpc) is 2.30. The van der Waals surface area contributed by atoms with E-state index in [1.54, 1.807) is 0 Å². The lowest BCUT2D eigenvalue weighted by Gasteiger charge is -2.18. The molecule has 0 saturated heterocycles. The van der Waals surface area contributed by atoms with Gasteiger partial charge < -0.3 is 20.1 Å². The number of hydrogen-bond acceptors (Lipinski definition) is 4. The van der Waals surface area contributed by atoms with Crippen molar-refractivity contribution in [3.63, 3.8) is 0 Å². The fourth-order valence-corrected chi connectivity index (χ4v) is 1.26. The van der Waals surface area contributed by atoms with Crippen molar-refractivity contribution in [2.75, 3.05) is 13.7 Å². The van der Waals surface area contributed by atoms with E-state index in [1.807, 2.05) is 0 Å². The van der Waals surface area contributed by atoms with Gasteiger partial charge in [-0.1, -0.05) is 0 Å². The fourth-order valence-electron chi connectivity index (χ4n) is 1.26. The molecular formula is C10H12F2O4. The van der Waals surface area contributed by atoms with Crippen LogP contribution in [0.3, 0.4) is 0 Å². The maximum absolute atomic E-state index is 12.9. The summed E-state index contributed by atoms with van der Waals surface area (Å²) >= 11 is 0. The Morgan fingerprint density at radius 1 is 1.25 bits per heavy atom. The molecule has 0 spiro atoms. The predicted octanol–water partition coefficient (Wildman–Crippen LogP) is 0.360. The molecule has 0 heterocycles. The van der Waals surface area contributed by atoms with Gasteiger partial charge in [0.1, 0.15) is 18.0 Å². The Balaban J connectivity index is 3.16. The highest BCUT2D eigenvalue weighted by Crippen LogP contribution is 2.29. The van der Waals surface area contributed by atoms with E-state index in [-0.39, 0.29) is 11.3 Å². The summed E-state index contributed by atoms with van der Waals surface area (Å²) in [7, 11) is 1.22. The molecule has 0 amide bonds. The van der Waals surface area contributed by atoms with Crippen LogP contribution in [0.15, 0.2) is 12.1 Å². The van der Waals surface area contributed by atoms with Gasteiger partial charge in [-0.05, 0) is 6.07 Å². The number of aliphatic hydroxyl groups excluding tert-OH is 3. The van der Waals surface area contributed by atoms with Crippen LogP contribution in [0.1, 0.15) is 11.7 Å². The van der Waals surface area contributed by atoms with Gasteiger partial charge in [-0.15, -0.1) is 0 Å². The van der Waals surface area contributed by atoms with Crippen molar-refractivity contribution in [2.45, 2.75) is 12.2 Å². The van der Waals surface area contributed by atoms with Crippen LogP contribution in [0.25, 0.3) is 0 Å². The Kier molecular flexibility index (Phi) is 4.17. The second kappa shape index (κ2) is 5.20. The molecule has 0 bridgehead atoms. The number of ether oxygens (including phenoxy) is 1. The summed E-state index contributed by atoms with van der Waals surface area (Å²) in [6, 6.07) is 1.48. The molecular weight excluding hydrogens is 222 g/mol. The van der Waals surface area contributed by atoms with Gasteiger partial charge in [0.25, 0.3) is 0 Å². The molecule has 0 saturated carbocycles. The summed E-state index contributed by atoms with van der Waals surface area (Å²) in [5, 5.41) is 27.4. The Bertz CT molecular complexity index is 370. The third-order valence-electron chi connectivity index (χ3n) is 2.14. The van der Waals surface area contributed by atoms with Crippen molar-refractivity contribution in [2.24, 2.45) is 0 Å². The molecule has 0 aliphatic carbocycles. The molecule has 4 nitrogen and oxygen atoms in total. The third kappa shape index (κ3) is 2.46. The first kappa shape index (κ1) is 12.8. The zero-order chi connectivity index (χ0) is 12.3. The van der Waals surface area contributed by atoms with E-state index in [0.29, 0.717) is 0 Å². The van der Waals surface area contributed by atoms with Gasteiger partial charge in [-0.2, -0.15) is 0 Å². The molecule has 0 radical (unpaired) electrons. The van der Waals surface area contributed by atoms with E-state index in [9.17, 15) is 19.0 Å². The van der Waals surface area contributed by atoms with Gasteiger partial charge in [0.2, 0.25) is 0 Å². The molecule has 1 rings (SSSR count). The van der Waals surface area contributed by atoms with Crippen LogP contribution in [-0.4, -0.2) is 35.1 Å². The molecule has 0 aliphatic heterocycles. The second-order valence-corrected chi connectivity index (χ2v) is 3.20. The molecule has 90 valence electrons. The molecule has 6 heteroatoms. The molecule has 0 aliphatic rings. The molecule has 2 atom stereocenters. The topological polar surface area (TPSA) is 69.9 Å². The van der Waals surface area contributed by atoms with Crippen molar-refractivity contribution in [3.8, 4) is 5.75 Å². The number of hydrogen-bond donors (Lipinski definition) is 3. The average molecular weight is 234 g/mol. The Hall–Kier alpha value is -1.24. The number of halogens is 2. The first-order valence-corrected chi connectivity index (χ1v) is 4.51. The quantitative estimate of drug-likeness (QED) is 0.703. The standard InChI is InChI=1S/C10H12F2O4/c1-16-9-3-7(12)6(11)2-5(9)10(15)8(14)4-13/h2-3,8,10,13-15H,4H2,1H3. The molecule has 1 aromatic rings. The van der Waals surface area contributed by atoms with E-state index >= 15 is 0 Å². The smallest absolute Gasteiger partial charge is 0.162 e. The van der Waals surface area contributed by atoms with E-state index in [0.717, 1.165) is 12.1 Å². The van der Waals surface area contributed by atoms with Crippen LogP contribution in [0.5, 0.6) is 5.75 Å². The van der Waals surface area contributed by atoms with Crippen molar-refractivity contribution in [1.29, 1.82) is 0 Å². The highest BCUT2D eigenvalue weighted by atomic mass is 19.2. The first-order valence-electron chi connectivity index (χ1n) is 4.51. The highest BCUT2D eigenvalue weighted by Gasteiger charge is 2.23. The van der Waals surface area contributed by atoms with Crippen LogP contribution in [-0.2, 0) is 0 Å². The normalized spacial score (nSPS) is 14.6. The minimum Gasteiger partial charge on any atom is -0.496 e. The van der Waals surface area contributed by atoms with Crippen LogP contribution in [0, 0.1) is 11.6 Å². The summed E-state index contributed by atoms with van der Waals surface area (Å²) in [5.41, 5.74) is -0.122. The van der Waals surface area contributed by atoms with E-state index in [4.69, 9.17) is 9.84 Å². The van der Waals surface area contributed by atoms with Crippen LogP contribution >= 0.6 is 0 Å². The van der Waals surface area contributed by atoms with Gasteiger partial charge in [-0.25, -0.2) is 8.78 Å². The fraction of sp³-hybridized carbons (Fsp3) is 0.400. The maximum atomic E-state index is 12.9. The molecule has 0 aromatic heterocycles. The van der Waals surface area contributed by atoms with Crippen LogP contribution in [0.2, 0.25) is 0 Å².